The lowest BCUT2D eigenvalue weighted by Gasteiger charge is -2.02. The predicted molar refractivity (Wildman–Crippen MR) is 74.9 cm³/mol. The Morgan fingerprint density at radius 3 is 2.42 bits per heavy atom. The predicted octanol–water partition coefficient (Wildman–Crippen LogP) is 3.18. The smallest absolute Gasteiger partial charge is 0.337 e. The van der Waals surface area contributed by atoms with Gasteiger partial charge in [-0.15, -0.1) is 0 Å². The van der Waals surface area contributed by atoms with E-state index in [4.69, 9.17) is 0 Å². The van der Waals surface area contributed by atoms with Gasteiger partial charge in [0, 0.05) is 11.1 Å². The lowest BCUT2D eigenvalue weighted by molar-refractivity contribution is 0.0600. The molecule has 0 aliphatic heterocycles. The Hall–Kier alpha value is -2.53. The summed E-state index contributed by atoms with van der Waals surface area (Å²) in [5, 5.41) is 0. The van der Waals surface area contributed by atoms with Crippen molar-refractivity contribution in [2.24, 2.45) is 0 Å². The van der Waals surface area contributed by atoms with E-state index >= 15 is 0 Å². The van der Waals surface area contributed by atoms with E-state index in [0.717, 1.165) is 16.7 Å². The van der Waals surface area contributed by atoms with Crippen molar-refractivity contribution < 1.29 is 9.53 Å². The summed E-state index contributed by atoms with van der Waals surface area (Å²) < 4.78 is 4.69. The van der Waals surface area contributed by atoms with Gasteiger partial charge in [-0.2, -0.15) is 0 Å². The Kier molecular flexibility index (Phi) is 4.00. The lowest BCUT2D eigenvalue weighted by atomic mass is 10.0. The second kappa shape index (κ2) is 5.88. The fourth-order valence-corrected chi connectivity index (χ4v) is 1.71. The maximum Gasteiger partial charge on any atom is 0.337 e. The molecule has 0 aromatic heterocycles. The number of hydrogen-bond donors (Lipinski definition) is 0. The molecule has 0 bridgehead atoms. The normalized spacial score (nSPS) is 9.37. The third-order valence-corrected chi connectivity index (χ3v) is 2.76. The summed E-state index contributed by atoms with van der Waals surface area (Å²) >= 11 is 0. The van der Waals surface area contributed by atoms with Crippen LogP contribution in [-0.2, 0) is 4.74 Å². The van der Waals surface area contributed by atoms with E-state index in [1.54, 1.807) is 12.1 Å². The van der Waals surface area contributed by atoms with Crippen LogP contribution in [0.3, 0.4) is 0 Å². The van der Waals surface area contributed by atoms with E-state index in [-0.39, 0.29) is 5.97 Å². The fraction of sp³-hybridized carbons (Fsp3) is 0.118. The Morgan fingerprint density at radius 1 is 1.05 bits per heavy atom. The first-order valence-electron chi connectivity index (χ1n) is 5.97. The van der Waals surface area contributed by atoms with Crippen LogP contribution in [0.5, 0.6) is 0 Å². The van der Waals surface area contributed by atoms with E-state index in [1.165, 1.54) is 7.11 Å². The van der Waals surface area contributed by atoms with Gasteiger partial charge >= 0.3 is 5.97 Å². The molecule has 0 fully saturated rings. The van der Waals surface area contributed by atoms with Gasteiger partial charge in [-0.25, -0.2) is 4.79 Å². The van der Waals surface area contributed by atoms with Crippen LogP contribution in [0.2, 0.25) is 0 Å². The van der Waals surface area contributed by atoms with Gasteiger partial charge in [0.05, 0.1) is 12.7 Å². The van der Waals surface area contributed by atoms with Crippen LogP contribution < -0.4 is 0 Å². The average molecular weight is 250 g/mol. The number of rotatable bonds is 1. The number of carbonyl (C=O) groups excluding carboxylic acids is 1. The summed E-state index contributed by atoms with van der Waals surface area (Å²) in [6.07, 6.45) is 0. The first-order chi connectivity index (χ1) is 9.20. The average Bonchev–Trinajstić information content (AvgIpc) is 2.46. The molecule has 0 N–H and O–H groups in total. The third kappa shape index (κ3) is 3.23. The number of aryl methyl sites for hydroxylation is 1. The van der Waals surface area contributed by atoms with Gasteiger partial charge in [-0.3, -0.25) is 0 Å². The molecule has 0 unspecified atom stereocenters. The standard InChI is InChI=1S/C17H14O2/c1-13-12-16(17(18)19-2)11-10-15(13)9-8-14-6-4-3-5-7-14/h3-7,10-12H,1-2H3. The lowest BCUT2D eigenvalue weighted by Crippen LogP contribution is -2.01. The molecule has 0 heterocycles. The highest BCUT2D eigenvalue weighted by Gasteiger charge is 2.06. The maximum atomic E-state index is 11.4. The second-order valence-corrected chi connectivity index (χ2v) is 4.14. The SMILES string of the molecule is COC(=O)c1ccc(C#Cc2ccccc2)c(C)c1. The van der Waals surface area contributed by atoms with Crippen molar-refractivity contribution in [3.63, 3.8) is 0 Å². The monoisotopic (exact) mass is 250 g/mol. The fourth-order valence-electron chi connectivity index (χ4n) is 1.71. The molecule has 2 aromatic carbocycles. The van der Waals surface area contributed by atoms with Crippen molar-refractivity contribution in [3.05, 3.63) is 70.8 Å². The molecule has 94 valence electrons. The molecular weight excluding hydrogens is 236 g/mol. The third-order valence-electron chi connectivity index (χ3n) is 2.76. The van der Waals surface area contributed by atoms with Crippen molar-refractivity contribution >= 4 is 5.97 Å². The van der Waals surface area contributed by atoms with Gasteiger partial charge in [0.2, 0.25) is 0 Å². The topological polar surface area (TPSA) is 26.3 Å². The molecule has 2 heteroatoms. The summed E-state index contributed by atoms with van der Waals surface area (Å²) in [7, 11) is 1.38. The van der Waals surface area contributed by atoms with Gasteiger partial charge in [-0.1, -0.05) is 30.0 Å². The summed E-state index contributed by atoms with van der Waals surface area (Å²) in [6.45, 7) is 1.93. The maximum absolute atomic E-state index is 11.4. The van der Waals surface area contributed by atoms with Gasteiger partial charge < -0.3 is 4.74 Å². The molecular formula is C17H14O2. The highest BCUT2D eigenvalue weighted by Crippen LogP contribution is 2.11. The zero-order chi connectivity index (χ0) is 13.7. The highest BCUT2D eigenvalue weighted by atomic mass is 16.5. The largest absolute Gasteiger partial charge is 0.465 e. The molecule has 2 rings (SSSR count). The van der Waals surface area contributed by atoms with Gasteiger partial charge in [0.25, 0.3) is 0 Å². The Labute approximate surface area is 113 Å². The molecule has 0 saturated carbocycles. The summed E-state index contributed by atoms with van der Waals surface area (Å²) in [5.41, 5.74) is 3.40. The van der Waals surface area contributed by atoms with E-state index < -0.39 is 0 Å². The van der Waals surface area contributed by atoms with Crippen LogP contribution in [0.1, 0.15) is 27.0 Å². The zero-order valence-electron chi connectivity index (χ0n) is 10.9. The summed E-state index contributed by atoms with van der Waals surface area (Å²) in [4.78, 5) is 11.4. The minimum atomic E-state index is -0.328. The minimum Gasteiger partial charge on any atom is -0.465 e. The van der Waals surface area contributed by atoms with Crippen molar-refractivity contribution in [2.45, 2.75) is 6.92 Å². The summed E-state index contributed by atoms with van der Waals surface area (Å²) in [6, 6.07) is 15.2. The molecule has 0 radical (unpaired) electrons. The van der Waals surface area contributed by atoms with Gasteiger partial charge in [0.15, 0.2) is 0 Å². The second-order valence-electron chi connectivity index (χ2n) is 4.14. The van der Waals surface area contributed by atoms with Crippen LogP contribution in [0.4, 0.5) is 0 Å². The van der Waals surface area contributed by atoms with Crippen LogP contribution in [0.15, 0.2) is 48.5 Å². The highest BCUT2D eigenvalue weighted by molar-refractivity contribution is 5.89. The quantitative estimate of drug-likeness (QED) is 0.574. The zero-order valence-corrected chi connectivity index (χ0v) is 10.9. The van der Waals surface area contributed by atoms with Crippen molar-refractivity contribution in [1.29, 1.82) is 0 Å². The Morgan fingerprint density at radius 2 is 1.79 bits per heavy atom. The van der Waals surface area contributed by atoms with Crippen LogP contribution >= 0.6 is 0 Å². The van der Waals surface area contributed by atoms with E-state index in [9.17, 15) is 4.79 Å². The Balaban J connectivity index is 2.28. The molecule has 19 heavy (non-hydrogen) atoms. The molecule has 2 nitrogen and oxygen atoms in total. The van der Waals surface area contributed by atoms with Crippen LogP contribution in [0, 0.1) is 18.8 Å². The van der Waals surface area contributed by atoms with Gasteiger partial charge in [0.1, 0.15) is 0 Å². The number of carbonyl (C=O) groups is 1. The Bertz CT molecular complexity index is 646. The number of ether oxygens (including phenoxy) is 1. The number of esters is 1. The molecule has 0 amide bonds. The molecule has 0 aliphatic carbocycles. The number of methoxy groups -OCH3 is 1. The molecule has 0 atom stereocenters. The van der Waals surface area contributed by atoms with Crippen molar-refractivity contribution in [2.75, 3.05) is 7.11 Å². The van der Waals surface area contributed by atoms with Gasteiger partial charge in [-0.05, 0) is 42.8 Å². The number of benzene rings is 2. The molecule has 0 aliphatic rings. The van der Waals surface area contributed by atoms with E-state index in [2.05, 4.69) is 16.6 Å². The molecule has 0 saturated heterocycles. The summed E-state index contributed by atoms with van der Waals surface area (Å²) in [5.74, 6) is 5.88. The van der Waals surface area contributed by atoms with E-state index in [0.29, 0.717) is 5.56 Å². The first-order valence-corrected chi connectivity index (χ1v) is 5.97. The molecule has 0 spiro atoms. The minimum absolute atomic E-state index is 0.328. The van der Waals surface area contributed by atoms with Crippen molar-refractivity contribution in [1.82, 2.24) is 0 Å². The van der Waals surface area contributed by atoms with Crippen molar-refractivity contribution in [3.8, 4) is 11.8 Å². The van der Waals surface area contributed by atoms with Crippen LogP contribution in [-0.4, -0.2) is 13.1 Å². The molecule has 2 aromatic rings. The first kappa shape index (κ1) is 12.9. The number of hydrogen-bond acceptors (Lipinski definition) is 2. The van der Waals surface area contributed by atoms with Crippen LogP contribution in [0.25, 0.3) is 0 Å². The van der Waals surface area contributed by atoms with E-state index in [1.807, 2.05) is 43.3 Å².